The van der Waals surface area contributed by atoms with Crippen molar-refractivity contribution in [1.29, 1.82) is 0 Å². The van der Waals surface area contributed by atoms with Gasteiger partial charge in [0.15, 0.2) is 0 Å². The summed E-state index contributed by atoms with van der Waals surface area (Å²) in [6.07, 6.45) is 1.03. The van der Waals surface area contributed by atoms with Crippen molar-refractivity contribution in [2.45, 2.75) is 71.9 Å². The first kappa shape index (κ1) is 43.8. The van der Waals surface area contributed by atoms with Crippen molar-refractivity contribution in [2.24, 2.45) is 0 Å². The molecule has 0 atom stereocenters. The maximum Gasteiger partial charge on any atom is 2.00 e. The molecule has 0 aliphatic carbocycles. The van der Waals surface area contributed by atoms with Gasteiger partial charge in [-0.1, -0.05) is 144 Å². The average molecular weight is 1050 g/mol. The molecule has 0 saturated heterocycles. The Balaban J connectivity index is 0.00000533. The van der Waals surface area contributed by atoms with E-state index in [0.717, 1.165) is 56.1 Å². The van der Waals surface area contributed by atoms with Crippen LogP contribution in [0.5, 0.6) is 11.5 Å². The first-order valence-electron chi connectivity index (χ1n) is 21.5. The summed E-state index contributed by atoms with van der Waals surface area (Å²) in [7, 11) is 0. The molecule has 10 aromatic rings. The van der Waals surface area contributed by atoms with Crippen molar-refractivity contribution in [3.63, 3.8) is 0 Å². The molecule has 0 aliphatic heterocycles. The van der Waals surface area contributed by atoms with E-state index < -0.39 is 11.7 Å². The second-order valence-corrected chi connectivity index (χ2v) is 18.0. The number of para-hydroxylation sites is 2. The molecule has 4 heterocycles. The van der Waals surface area contributed by atoms with E-state index in [1.54, 1.807) is 24.4 Å². The number of furan rings is 1. The molecule has 0 spiro atoms. The fraction of sp³-hybridized carbons (Fsp3) is 0.200. The Kier molecular flexibility index (Phi) is 11.1. The maximum absolute atomic E-state index is 14.2. The van der Waals surface area contributed by atoms with Crippen molar-refractivity contribution in [2.75, 3.05) is 0 Å². The van der Waals surface area contributed by atoms with Crippen LogP contribution in [0, 0.1) is 12.1 Å². The number of nitrogens with zero attached hydrogens (tertiary/aromatic N) is 4. The van der Waals surface area contributed by atoms with Crippen LogP contribution in [0.4, 0.5) is 13.2 Å². The third-order valence-electron chi connectivity index (χ3n) is 12.1. The summed E-state index contributed by atoms with van der Waals surface area (Å²) in [5.74, 6) is 2.62. The number of aromatic nitrogens is 4. The minimum absolute atomic E-state index is 0. The molecule has 6 nitrogen and oxygen atoms in total. The van der Waals surface area contributed by atoms with Gasteiger partial charge in [0, 0.05) is 46.7 Å². The molecule has 0 saturated carbocycles. The fourth-order valence-corrected chi connectivity index (χ4v) is 8.91. The Bertz CT molecular complexity index is 3400. The van der Waals surface area contributed by atoms with E-state index in [1.165, 1.54) is 12.1 Å². The second-order valence-electron chi connectivity index (χ2n) is 18.0. The van der Waals surface area contributed by atoms with Crippen LogP contribution in [0.1, 0.15) is 82.6 Å². The van der Waals surface area contributed by atoms with Gasteiger partial charge >= 0.3 is 27.2 Å². The van der Waals surface area contributed by atoms with Crippen LogP contribution in [0.3, 0.4) is 0 Å². The van der Waals surface area contributed by atoms with Crippen molar-refractivity contribution in [3.8, 4) is 45.5 Å². The van der Waals surface area contributed by atoms with Crippen LogP contribution in [0.25, 0.3) is 77.8 Å². The predicted molar refractivity (Wildman–Crippen MR) is 250 cm³/mol. The minimum atomic E-state index is -4.53. The smallest absolute Gasteiger partial charge is 0.503 e. The van der Waals surface area contributed by atoms with Crippen molar-refractivity contribution in [1.82, 2.24) is 19.1 Å². The molecule has 0 amide bonds. The summed E-state index contributed by atoms with van der Waals surface area (Å²) in [4.78, 5) is 9.78. The van der Waals surface area contributed by atoms with E-state index in [-0.39, 0.29) is 43.9 Å². The van der Waals surface area contributed by atoms with E-state index in [0.29, 0.717) is 50.4 Å². The summed E-state index contributed by atoms with van der Waals surface area (Å²) in [6, 6.07) is 42.5. The zero-order chi connectivity index (χ0) is 44.7. The molecule has 6 aromatic carbocycles. The van der Waals surface area contributed by atoms with E-state index in [9.17, 15) is 13.2 Å². The van der Waals surface area contributed by atoms with Gasteiger partial charge in [-0.15, -0.1) is 17.5 Å². The molecule has 0 radical (unpaired) electrons. The van der Waals surface area contributed by atoms with Gasteiger partial charge in [0.05, 0.1) is 17.0 Å². The number of alkyl halides is 3. The van der Waals surface area contributed by atoms with E-state index >= 15 is 0 Å². The number of hydrogen-bond donors (Lipinski definition) is 0. The third-order valence-corrected chi connectivity index (χ3v) is 12.1. The first-order valence-corrected chi connectivity index (χ1v) is 21.5. The molecule has 0 N–H and O–H groups in total. The summed E-state index contributed by atoms with van der Waals surface area (Å²) >= 11 is 0. The number of imidazole rings is 1. The van der Waals surface area contributed by atoms with Crippen molar-refractivity contribution < 1.29 is 43.4 Å². The van der Waals surface area contributed by atoms with Crippen LogP contribution < -0.4 is 4.74 Å². The summed E-state index contributed by atoms with van der Waals surface area (Å²) in [5, 5.41) is 3.47. The topological polar surface area (TPSA) is 58.0 Å². The molecule has 328 valence electrons. The first-order chi connectivity index (χ1) is 30.7. The molecule has 0 bridgehead atoms. The van der Waals surface area contributed by atoms with Gasteiger partial charge in [0.25, 0.3) is 0 Å². The van der Waals surface area contributed by atoms with E-state index in [1.807, 2.05) is 48.8 Å². The number of benzene rings is 6. The van der Waals surface area contributed by atoms with Gasteiger partial charge < -0.3 is 18.3 Å². The normalized spacial score (nSPS) is 12.3. The number of pyridine rings is 1. The van der Waals surface area contributed by atoms with Gasteiger partial charge in [0.1, 0.15) is 11.4 Å². The van der Waals surface area contributed by atoms with Gasteiger partial charge in [-0.2, -0.15) is 19.2 Å². The molecule has 4 aromatic heterocycles. The SMILES string of the molecule is CC(C)c1cccc(C(C)C)c1-n1ccnc1-c1[c-]c(Oc2[c-]c3c(cc2)c2ccccc2n3-c2cc(C(C)(C)C)ccn2)cc2c1oc1cc(-c3ccccc3C(F)(F)F)ccc12.[Pt+2]. The monoisotopic (exact) mass is 1050 g/mol. The molecule has 0 fully saturated rings. The summed E-state index contributed by atoms with van der Waals surface area (Å²) in [6.45, 7) is 15.3. The van der Waals surface area contributed by atoms with Crippen LogP contribution in [-0.2, 0) is 32.7 Å². The molecular weight excluding hydrogens is 1000 g/mol. The van der Waals surface area contributed by atoms with Gasteiger partial charge in [-0.25, -0.2) is 4.98 Å². The average Bonchev–Trinajstić information content (AvgIpc) is 3.99. The van der Waals surface area contributed by atoms with Gasteiger partial charge in [-0.05, 0) is 80.8 Å². The van der Waals surface area contributed by atoms with E-state index in [2.05, 4.69) is 112 Å². The Morgan fingerprint density at radius 2 is 1.40 bits per heavy atom. The van der Waals surface area contributed by atoms with Gasteiger partial charge in [0.2, 0.25) is 0 Å². The third kappa shape index (κ3) is 7.73. The molecular formula is C55H45F3N4O2Pt. The molecule has 0 aliphatic rings. The van der Waals surface area contributed by atoms with Crippen molar-refractivity contribution >= 4 is 43.7 Å². The Morgan fingerprint density at radius 1 is 0.677 bits per heavy atom. The van der Waals surface area contributed by atoms with Crippen LogP contribution in [0.2, 0.25) is 0 Å². The Morgan fingerprint density at radius 3 is 2.14 bits per heavy atom. The molecule has 10 rings (SSSR count). The molecule has 10 heteroatoms. The number of ether oxygens (including phenoxy) is 1. The quantitative estimate of drug-likeness (QED) is 0.142. The minimum Gasteiger partial charge on any atom is -0.503 e. The zero-order valence-corrected chi connectivity index (χ0v) is 39.2. The summed E-state index contributed by atoms with van der Waals surface area (Å²) in [5.41, 5.74) is 7.40. The molecule has 65 heavy (non-hydrogen) atoms. The second kappa shape index (κ2) is 16.5. The van der Waals surface area contributed by atoms with Crippen LogP contribution in [0.15, 0.2) is 138 Å². The number of fused-ring (bicyclic) bond motifs is 6. The fourth-order valence-electron chi connectivity index (χ4n) is 8.91. The largest absolute Gasteiger partial charge is 2.00 e. The zero-order valence-electron chi connectivity index (χ0n) is 36.9. The van der Waals surface area contributed by atoms with Crippen molar-refractivity contribution in [3.05, 3.63) is 168 Å². The number of rotatable bonds is 8. The standard InChI is InChI=1S/C55H45F3N4O2.Pt/c1-32(2)38-15-12-16-39(33(3)4)51(38)61-26-25-60-53(61)45-30-37(29-44-43-21-19-34(27-49(43)64-52(44)45)40-13-8-10-17-46(40)55(56,57)58)63-36-20-22-42-41-14-9-11-18-47(41)62(48(42)31-36)50-28-35(23-24-59-50)54(5,6)7;/h8-29,32-33H,1-7H3;/q-2;+2. The Hall–Kier alpha value is -6.44. The number of halogens is 3. The predicted octanol–water partition coefficient (Wildman–Crippen LogP) is 15.6. The van der Waals surface area contributed by atoms with Crippen LogP contribution >= 0.6 is 0 Å². The maximum atomic E-state index is 14.2. The number of hydrogen-bond acceptors (Lipinski definition) is 4. The Labute approximate surface area is 390 Å². The van der Waals surface area contributed by atoms with Crippen LogP contribution in [-0.4, -0.2) is 19.1 Å². The van der Waals surface area contributed by atoms with Gasteiger partial charge in [-0.3, -0.25) is 4.98 Å². The molecule has 0 unspecified atom stereocenters. The summed E-state index contributed by atoms with van der Waals surface area (Å²) < 4.78 is 60.4. The van der Waals surface area contributed by atoms with E-state index in [4.69, 9.17) is 19.1 Å².